The average Bonchev–Trinajstić information content (AvgIpc) is 1.81. The van der Waals surface area contributed by atoms with Crippen LogP contribution in [0.2, 0.25) is 0 Å². The molecule has 0 unspecified atom stereocenters. The number of rotatable bonds is 42. The van der Waals surface area contributed by atoms with Gasteiger partial charge in [0.2, 0.25) is 29.5 Å². The maximum atomic E-state index is 14.6. The third-order valence-electron chi connectivity index (χ3n) is 17.2. The Morgan fingerprint density at radius 3 is 2.00 bits per heavy atom. The number of Topliss-reactive ketones (excluding diaryl/α,β-unsaturated/α-hetero) is 2. The number of methoxy groups -OCH3 is 2. The second-order valence-corrected chi connectivity index (χ2v) is 25.4. The molecule has 0 saturated carbocycles. The average molecular weight is 1260 g/mol. The van der Waals surface area contributed by atoms with Gasteiger partial charge in [-0.15, -0.1) is 0 Å². The fraction of sp³-hybridized carbons (Fsp3) is 0.647. The minimum Gasteiger partial charge on any atom is -0.481 e. The number of carbonyl (C=O) groups is 10. The van der Waals surface area contributed by atoms with Gasteiger partial charge in [0.1, 0.15) is 6.61 Å². The molecule has 90 heavy (non-hydrogen) atoms. The summed E-state index contributed by atoms with van der Waals surface area (Å²) in [5, 5.41) is 20.1. The first-order chi connectivity index (χ1) is 42.5. The van der Waals surface area contributed by atoms with Crippen molar-refractivity contribution < 1.29 is 67.3 Å². The second kappa shape index (κ2) is 39.4. The smallest absolute Gasteiger partial charge is 0.312 e. The van der Waals surface area contributed by atoms with Crippen LogP contribution in [0.5, 0.6) is 0 Å². The first-order valence-corrected chi connectivity index (χ1v) is 32.0. The van der Waals surface area contributed by atoms with Crippen molar-refractivity contribution in [2.24, 2.45) is 47.2 Å². The van der Waals surface area contributed by atoms with Crippen LogP contribution in [0.3, 0.4) is 0 Å². The molecular formula is C68H106N8O14. The van der Waals surface area contributed by atoms with Gasteiger partial charge in [-0.3, -0.25) is 48.1 Å². The van der Waals surface area contributed by atoms with Crippen LogP contribution >= 0.6 is 0 Å². The third kappa shape index (κ3) is 25.4. The van der Waals surface area contributed by atoms with Crippen molar-refractivity contribution in [3.63, 3.8) is 0 Å². The topological polar surface area (TPSA) is 302 Å². The number of carboxylic acids is 1. The van der Waals surface area contributed by atoms with E-state index in [0.29, 0.717) is 49.9 Å². The van der Waals surface area contributed by atoms with Crippen LogP contribution < -0.4 is 27.0 Å². The molecule has 1 fully saturated rings. The minimum atomic E-state index is -1.03. The third-order valence-corrected chi connectivity index (χ3v) is 17.2. The number of nitrogens with two attached hydrogens (primary N) is 1. The number of likely N-dealkylation sites (N-methyl/N-ethyl adjacent to an activating group) is 2. The van der Waals surface area contributed by atoms with Crippen molar-refractivity contribution in [1.82, 2.24) is 30.7 Å². The summed E-state index contributed by atoms with van der Waals surface area (Å²) >= 11 is 0. The molecule has 2 aromatic carbocycles. The van der Waals surface area contributed by atoms with Crippen LogP contribution in [0.1, 0.15) is 144 Å². The van der Waals surface area contributed by atoms with Crippen molar-refractivity contribution in [3.05, 3.63) is 77.9 Å². The van der Waals surface area contributed by atoms with Crippen LogP contribution in [0.4, 0.5) is 10.5 Å². The van der Waals surface area contributed by atoms with Gasteiger partial charge in [0.05, 0.1) is 61.4 Å². The van der Waals surface area contributed by atoms with E-state index in [9.17, 15) is 47.9 Å². The summed E-state index contributed by atoms with van der Waals surface area (Å²) in [5.41, 5.74) is 7.26. The van der Waals surface area contributed by atoms with Gasteiger partial charge in [0, 0.05) is 77.6 Å². The number of nitrogens with zero attached hydrogens (tertiary/aromatic N) is 3. The van der Waals surface area contributed by atoms with Crippen LogP contribution in [0.15, 0.2) is 66.7 Å². The number of hydrogen-bond donors (Lipinski definition) is 6. The molecule has 1 saturated heterocycles. The fourth-order valence-corrected chi connectivity index (χ4v) is 12.1. The maximum Gasteiger partial charge on any atom is 0.312 e. The molecule has 1 heterocycles. The zero-order chi connectivity index (χ0) is 67.4. The Morgan fingerprint density at radius 2 is 1.43 bits per heavy atom. The Balaban J connectivity index is 1.71. The highest BCUT2D eigenvalue weighted by atomic mass is 16.5. The lowest BCUT2D eigenvalue weighted by Crippen LogP contribution is -2.54. The molecule has 11 atom stereocenters. The molecule has 1 aliphatic rings. The molecular weight excluding hydrogens is 1150 g/mol. The first kappa shape index (κ1) is 77.4. The molecule has 7 amide bonds. The molecule has 0 aliphatic carbocycles. The Hall–Kier alpha value is -6.88. The lowest BCUT2D eigenvalue weighted by atomic mass is 9.83. The molecule has 22 heteroatoms. The van der Waals surface area contributed by atoms with Crippen molar-refractivity contribution in [2.45, 2.75) is 188 Å². The molecule has 3 rings (SSSR count). The van der Waals surface area contributed by atoms with E-state index in [-0.39, 0.29) is 129 Å². The van der Waals surface area contributed by atoms with Crippen molar-refractivity contribution >= 4 is 64.6 Å². The number of ketones is 3. The van der Waals surface area contributed by atoms with E-state index in [4.69, 9.17) is 25.1 Å². The van der Waals surface area contributed by atoms with E-state index in [2.05, 4.69) is 21.3 Å². The van der Waals surface area contributed by atoms with Crippen LogP contribution in [0, 0.1) is 41.4 Å². The van der Waals surface area contributed by atoms with E-state index in [1.54, 1.807) is 75.1 Å². The van der Waals surface area contributed by atoms with E-state index in [1.807, 2.05) is 90.9 Å². The van der Waals surface area contributed by atoms with E-state index < -0.39 is 77.9 Å². The number of ether oxygens (including phenoxy) is 3. The highest BCUT2D eigenvalue weighted by molar-refractivity contribution is 5.97. The summed E-state index contributed by atoms with van der Waals surface area (Å²) < 4.78 is 18.0. The highest BCUT2D eigenvalue weighted by Gasteiger charge is 2.43. The van der Waals surface area contributed by atoms with Crippen LogP contribution in [0.25, 0.3) is 0 Å². The predicted molar refractivity (Wildman–Crippen MR) is 346 cm³/mol. The van der Waals surface area contributed by atoms with Crippen molar-refractivity contribution in [2.75, 3.05) is 60.4 Å². The molecule has 0 aromatic heterocycles. The summed E-state index contributed by atoms with van der Waals surface area (Å²) in [6.07, 6.45) is 4.28. The summed E-state index contributed by atoms with van der Waals surface area (Å²) in [4.78, 5) is 138. The molecule has 1 aliphatic heterocycles. The largest absolute Gasteiger partial charge is 0.481 e. The number of carbonyl (C=O) groups excluding carboxylic acids is 9. The minimum absolute atomic E-state index is 0.0155. The highest BCUT2D eigenvalue weighted by Crippen LogP contribution is 2.32. The number of hydrogen-bond acceptors (Lipinski definition) is 14. The number of primary amides is 1. The fourth-order valence-electron chi connectivity index (χ4n) is 12.1. The van der Waals surface area contributed by atoms with Crippen LogP contribution in [-0.2, 0) is 70.4 Å². The number of anilines is 1. The molecule has 2 aromatic rings. The predicted octanol–water partition coefficient (Wildman–Crippen LogP) is 7.15. The lowest BCUT2D eigenvalue weighted by molar-refractivity contribution is -0.149. The number of urea groups is 1. The Morgan fingerprint density at radius 1 is 0.767 bits per heavy atom. The van der Waals surface area contributed by atoms with Gasteiger partial charge in [-0.2, -0.15) is 0 Å². The van der Waals surface area contributed by atoms with E-state index in [0.717, 1.165) is 5.56 Å². The number of benzene rings is 2. The van der Waals surface area contributed by atoms with Gasteiger partial charge >= 0.3 is 12.0 Å². The van der Waals surface area contributed by atoms with Gasteiger partial charge in [0.15, 0.2) is 17.3 Å². The summed E-state index contributed by atoms with van der Waals surface area (Å²) in [6, 6.07) is 12.8. The molecule has 0 spiro atoms. The quantitative estimate of drug-likeness (QED) is 0.0284. The summed E-state index contributed by atoms with van der Waals surface area (Å²) in [7, 11) is 8.59. The van der Waals surface area contributed by atoms with Gasteiger partial charge in [-0.25, -0.2) is 4.79 Å². The molecule has 0 bridgehead atoms. The van der Waals surface area contributed by atoms with Gasteiger partial charge in [0.25, 0.3) is 0 Å². The molecule has 0 radical (unpaired) electrons. The molecule has 22 nitrogen and oxygen atoms in total. The zero-order valence-electron chi connectivity index (χ0n) is 55.9. The SMILES string of the molecule is CC[C@H](C)[C@@H]([C@@H](CC(=O)N1CCC[C@H]1[C@H](OC)[C@@H](C)C(=O)N[C@H](/C=C/C(=O)COCc1ccc(NC(=O)[C@@H](CCCNC(N)=O)CC(=O)[C@H](NC(=O)CCCC(=O)O)C(C)C)cc1)Cc1ccccc1)OC)N(C)C(=O)[C@@H](CC(=O)[C@H](C(C)C)N(C)C)C(C)C. The van der Waals surface area contributed by atoms with Gasteiger partial charge in [-0.1, -0.05) is 117 Å². The number of carboxylic acid groups (broad SMARTS) is 1. The van der Waals surface area contributed by atoms with Gasteiger partial charge in [-0.05, 0) is 106 Å². The van der Waals surface area contributed by atoms with Crippen molar-refractivity contribution in [1.29, 1.82) is 0 Å². The van der Waals surface area contributed by atoms with E-state index in [1.165, 1.54) is 13.2 Å². The lowest BCUT2D eigenvalue weighted by Gasteiger charge is -2.41. The normalized spacial score (nSPS) is 16.8. The number of aliphatic carboxylic acids is 1. The Kier molecular flexibility index (Phi) is 33.9. The van der Waals surface area contributed by atoms with E-state index >= 15 is 0 Å². The Bertz CT molecular complexity index is 2660. The summed E-state index contributed by atoms with van der Waals surface area (Å²) in [5.74, 6) is -5.91. The maximum absolute atomic E-state index is 14.6. The van der Waals surface area contributed by atoms with Gasteiger partial charge < -0.3 is 56.1 Å². The number of amides is 7. The van der Waals surface area contributed by atoms with Crippen molar-refractivity contribution in [3.8, 4) is 0 Å². The number of nitrogens with one attached hydrogen (secondary N) is 4. The molecule has 7 N–H and O–H groups in total. The zero-order valence-corrected chi connectivity index (χ0v) is 55.9. The molecule has 502 valence electrons. The summed E-state index contributed by atoms with van der Waals surface area (Å²) in [6.45, 7) is 17.7. The monoisotopic (exact) mass is 1260 g/mol. The second-order valence-electron chi connectivity index (χ2n) is 25.4. The Labute approximate surface area is 534 Å². The number of likely N-dealkylation sites (tertiary alicyclic amines) is 1. The first-order valence-electron chi connectivity index (χ1n) is 32.0. The standard InChI is InChI=1S/C68H106N8O14/c1-15-45(8)63(75(12)67(86)53(42(2)3)38-56(79)62(44(6)7)74(10)11)57(88-13)39-59(81)76-35-21-25-54(76)64(89-14)46(9)65(84)72-51(36-47-22-17-16-18-23-47)32-33-52(77)41-90-40-48-28-30-50(31-29-48)71-66(85)49(24-20-34-70-68(69)87)37-55(78)61(43(4)5)73-58(80)26-19-27-60(82)83/h16-18,22-23,28-33,42-46,49,51,53-54,57,61-64H,15,19-21,24-27,34-41H2,1-14H3,(H,71,85)(H,72,84)(H,73,80)(H,82,83)(H3,69,70,87)/b33-32+/t45-,46+,49-,51+,53-,54-,57+,61+,62-,63-,64+/m0/s1. The van der Waals surface area contributed by atoms with Crippen LogP contribution in [-0.4, -0.2) is 176 Å².